The molecule has 3 rings (SSSR count). The van der Waals surface area contributed by atoms with Crippen LogP contribution in [-0.2, 0) is 10.0 Å². The Labute approximate surface area is 141 Å². The Kier molecular flexibility index (Phi) is 4.53. The predicted octanol–water partition coefficient (Wildman–Crippen LogP) is 4.59. The highest BCUT2D eigenvalue weighted by atomic mass is 32.2. The first-order valence-electron chi connectivity index (χ1n) is 7.45. The van der Waals surface area contributed by atoms with Gasteiger partial charge in [-0.3, -0.25) is 4.72 Å². The lowest BCUT2D eigenvalue weighted by atomic mass is 10.2. The van der Waals surface area contributed by atoms with Gasteiger partial charge in [-0.1, -0.05) is 35.9 Å². The van der Waals surface area contributed by atoms with E-state index in [1.54, 1.807) is 54.6 Å². The van der Waals surface area contributed by atoms with Crippen molar-refractivity contribution in [2.45, 2.75) is 11.8 Å². The molecule has 1 N–H and O–H groups in total. The molecule has 3 aromatic carbocycles. The van der Waals surface area contributed by atoms with Crippen LogP contribution in [0.15, 0.2) is 83.8 Å². The van der Waals surface area contributed by atoms with E-state index in [0.717, 1.165) is 11.3 Å². The molecule has 24 heavy (non-hydrogen) atoms. The van der Waals surface area contributed by atoms with Crippen molar-refractivity contribution in [3.8, 4) is 11.5 Å². The number of hydrogen-bond acceptors (Lipinski definition) is 3. The Morgan fingerprint density at radius 2 is 1.29 bits per heavy atom. The van der Waals surface area contributed by atoms with E-state index in [9.17, 15) is 8.42 Å². The molecule has 3 aromatic rings. The molecule has 122 valence electrons. The molecule has 0 radical (unpaired) electrons. The van der Waals surface area contributed by atoms with Gasteiger partial charge in [-0.15, -0.1) is 0 Å². The zero-order valence-electron chi connectivity index (χ0n) is 13.1. The van der Waals surface area contributed by atoms with Crippen LogP contribution in [0, 0.1) is 6.92 Å². The van der Waals surface area contributed by atoms with Gasteiger partial charge >= 0.3 is 0 Å². The summed E-state index contributed by atoms with van der Waals surface area (Å²) in [7, 11) is -3.58. The Bertz CT molecular complexity index is 903. The number of anilines is 1. The lowest BCUT2D eigenvalue weighted by Gasteiger charge is -2.10. The molecule has 0 saturated heterocycles. The molecule has 0 atom stereocenters. The number of benzene rings is 3. The Morgan fingerprint density at radius 1 is 0.750 bits per heavy atom. The number of hydrogen-bond donors (Lipinski definition) is 1. The van der Waals surface area contributed by atoms with Crippen LogP contribution in [0.5, 0.6) is 11.5 Å². The zero-order chi connectivity index (χ0) is 17.0. The maximum absolute atomic E-state index is 12.3. The van der Waals surface area contributed by atoms with Crippen molar-refractivity contribution in [2.24, 2.45) is 0 Å². The van der Waals surface area contributed by atoms with Crippen molar-refractivity contribution in [2.75, 3.05) is 4.72 Å². The quantitative estimate of drug-likeness (QED) is 0.740. The molecule has 0 aromatic heterocycles. The van der Waals surface area contributed by atoms with Gasteiger partial charge in [0.1, 0.15) is 11.5 Å². The highest BCUT2D eigenvalue weighted by Crippen LogP contribution is 2.24. The average molecular weight is 339 g/mol. The van der Waals surface area contributed by atoms with Crippen LogP contribution in [0.3, 0.4) is 0 Å². The molecular formula is C19H17NO3S. The summed E-state index contributed by atoms with van der Waals surface area (Å²) in [6, 6.07) is 22.8. The second kappa shape index (κ2) is 6.76. The Balaban J connectivity index is 1.72. The summed E-state index contributed by atoms with van der Waals surface area (Å²) in [5.41, 5.74) is 1.64. The molecule has 4 nitrogen and oxygen atoms in total. The van der Waals surface area contributed by atoms with E-state index in [-0.39, 0.29) is 4.90 Å². The molecule has 0 spiro atoms. The molecule has 0 aliphatic carbocycles. The second-order valence-electron chi connectivity index (χ2n) is 5.36. The van der Waals surface area contributed by atoms with E-state index in [1.165, 1.54) is 0 Å². The van der Waals surface area contributed by atoms with Crippen molar-refractivity contribution in [1.29, 1.82) is 0 Å². The highest BCUT2D eigenvalue weighted by Gasteiger charge is 2.13. The zero-order valence-corrected chi connectivity index (χ0v) is 14.0. The van der Waals surface area contributed by atoms with Crippen LogP contribution in [0.4, 0.5) is 5.69 Å². The first kappa shape index (κ1) is 16.1. The highest BCUT2D eigenvalue weighted by molar-refractivity contribution is 7.92. The molecule has 0 aliphatic heterocycles. The van der Waals surface area contributed by atoms with E-state index in [1.807, 2.05) is 31.2 Å². The smallest absolute Gasteiger partial charge is 0.261 e. The summed E-state index contributed by atoms with van der Waals surface area (Å²) in [6.45, 7) is 2.01. The summed E-state index contributed by atoms with van der Waals surface area (Å²) in [6.07, 6.45) is 0. The van der Waals surface area contributed by atoms with Gasteiger partial charge in [-0.05, 0) is 55.5 Å². The maximum atomic E-state index is 12.3. The van der Waals surface area contributed by atoms with Crippen molar-refractivity contribution >= 4 is 15.7 Å². The Morgan fingerprint density at radius 3 is 1.88 bits per heavy atom. The standard InChI is InChI=1S/C19H17NO3S/c1-15-7-11-17(12-8-15)23-18-13-9-16(10-14-18)20-24(21,22)19-5-3-2-4-6-19/h2-14,20H,1H3. The van der Waals surface area contributed by atoms with Gasteiger partial charge in [-0.25, -0.2) is 8.42 Å². The van der Waals surface area contributed by atoms with Crippen LogP contribution < -0.4 is 9.46 Å². The molecule has 0 heterocycles. The molecule has 0 bridgehead atoms. The third-order valence-corrected chi connectivity index (χ3v) is 4.81. The van der Waals surface area contributed by atoms with Gasteiger partial charge in [0.25, 0.3) is 10.0 Å². The van der Waals surface area contributed by atoms with Crippen LogP contribution in [0.2, 0.25) is 0 Å². The number of ether oxygens (including phenoxy) is 1. The molecule has 0 fully saturated rings. The summed E-state index contributed by atoms with van der Waals surface area (Å²) in [4.78, 5) is 0.227. The average Bonchev–Trinajstić information content (AvgIpc) is 2.59. The summed E-state index contributed by atoms with van der Waals surface area (Å²) in [5, 5.41) is 0. The van der Waals surface area contributed by atoms with Crippen molar-refractivity contribution in [3.05, 3.63) is 84.4 Å². The molecule has 5 heteroatoms. The van der Waals surface area contributed by atoms with Crippen LogP contribution in [-0.4, -0.2) is 8.42 Å². The van der Waals surface area contributed by atoms with Gasteiger partial charge in [0.2, 0.25) is 0 Å². The largest absolute Gasteiger partial charge is 0.457 e. The second-order valence-corrected chi connectivity index (χ2v) is 7.04. The number of sulfonamides is 1. The minimum absolute atomic E-state index is 0.227. The molecule has 0 aliphatic rings. The van der Waals surface area contributed by atoms with Gasteiger partial charge in [0.05, 0.1) is 4.90 Å². The maximum Gasteiger partial charge on any atom is 0.261 e. The van der Waals surface area contributed by atoms with Crippen molar-refractivity contribution < 1.29 is 13.2 Å². The monoisotopic (exact) mass is 339 g/mol. The fraction of sp³-hybridized carbons (Fsp3) is 0.0526. The van der Waals surface area contributed by atoms with Gasteiger partial charge in [0, 0.05) is 5.69 Å². The normalized spacial score (nSPS) is 11.0. The van der Waals surface area contributed by atoms with Crippen molar-refractivity contribution in [1.82, 2.24) is 0 Å². The summed E-state index contributed by atoms with van der Waals surface area (Å²) in [5.74, 6) is 1.37. The van der Waals surface area contributed by atoms with Crippen molar-refractivity contribution in [3.63, 3.8) is 0 Å². The minimum atomic E-state index is -3.58. The van der Waals surface area contributed by atoms with Crippen LogP contribution >= 0.6 is 0 Å². The summed E-state index contributed by atoms with van der Waals surface area (Å²) < 4.78 is 32.8. The fourth-order valence-corrected chi connectivity index (χ4v) is 3.23. The van der Waals surface area contributed by atoms with Gasteiger partial charge in [-0.2, -0.15) is 0 Å². The van der Waals surface area contributed by atoms with E-state index < -0.39 is 10.0 Å². The lowest BCUT2D eigenvalue weighted by Crippen LogP contribution is -2.12. The third-order valence-electron chi connectivity index (χ3n) is 3.42. The number of nitrogens with one attached hydrogen (secondary N) is 1. The first-order chi connectivity index (χ1) is 11.5. The lowest BCUT2D eigenvalue weighted by molar-refractivity contribution is 0.482. The first-order valence-corrected chi connectivity index (χ1v) is 8.94. The van der Waals surface area contributed by atoms with E-state index in [0.29, 0.717) is 11.4 Å². The van der Waals surface area contributed by atoms with E-state index in [4.69, 9.17) is 4.74 Å². The third kappa shape index (κ3) is 3.94. The van der Waals surface area contributed by atoms with Crippen LogP contribution in [0.25, 0.3) is 0 Å². The van der Waals surface area contributed by atoms with E-state index >= 15 is 0 Å². The predicted molar refractivity (Wildman–Crippen MR) is 94.9 cm³/mol. The molecule has 0 amide bonds. The fourth-order valence-electron chi connectivity index (χ4n) is 2.15. The molecule has 0 saturated carbocycles. The van der Waals surface area contributed by atoms with Gasteiger partial charge in [0.15, 0.2) is 0 Å². The number of rotatable bonds is 5. The Hall–Kier alpha value is -2.79. The minimum Gasteiger partial charge on any atom is -0.457 e. The number of aryl methyl sites for hydroxylation is 1. The topological polar surface area (TPSA) is 55.4 Å². The SMILES string of the molecule is Cc1ccc(Oc2ccc(NS(=O)(=O)c3ccccc3)cc2)cc1. The van der Waals surface area contributed by atoms with Crippen LogP contribution in [0.1, 0.15) is 5.56 Å². The molecular weight excluding hydrogens is 322 g/mol. The summed E-state index contributed by atoms with van der Waals surface area (Å²) >= 11 is 0. The molecule has 0 unspecified atom stereocenters. The van der Waals surface area contributed by atoms with Gasteiger partial charge < -0.3 is 4.74 Å². The van der Waals surface area contributed by atoms with E-state index in [2.05, 4.69) is 4.72 Å².